The highest BCUT2D eigenvalue weighted by Crippen LogP contribution is 2.27. The van der Waals surface area contributed by atoms with Gasteiger partial charge in [-0.3, -0.25) is 9.78 Å². The molecular weight excluding hydrogens is 256 g/mol. The average molecular weight is 272 g/mol. The van der Waals surface area contributed by atoms with Crippen molar-refractivity contribution in [2.24, 2.45) is 0 Å². The van der Waals surface area contributed by atoms with E-state index in [4.69, 9.17) is 4.52 Å². The van der Waals surface area contributed by atoms with Gasteiger partial charge in [-0.1, -0.05) is 12.1 Å². The van der Waals surface area contributed by atoms with Crippen molar-refractivity contribution in [3.63, 3.8) is 0 Å². The Bertz CT molecular complexity index is 590. The number of nitrogens with zero attached hydrogens (tertiary/aromatic N) is 4. The lowest BCUT2D eigenvalue weighted by molar-refractivity contribution is -0.136. The van der Waals surface area contributed by atoms with Gasteiger partial charge in [-0.2, -0.15) is 4.98 Å². The highest BCUT2D eigenvalue weighted by molar-refractivity contribution is 5.77. The molecule has 1 saturated heterocycles. The second-order valence-electron chi connectivity index (χ2n) is 4.94. The van der Waals surface area contributed by atoms with Gasteiger partial charge in [0.1, 0.15) is 0 Å². The first-order valence-electron chi connectivity index (χ1n) is 6.79. The molecule has 0 saturated carbocycles. The highest BCUT2D eigenvalue weighted by atomic mass is 16.5. The van der Waals surface area contributed by atoms with Gasteiger partial charge in [-0.05, 0) is 18.6 Å². The van der Waals surface area contributed by atoms with Crippen LogP contribution in [-0.4, -0.2) is 39.0 Å². The van der Waals surface area contributed by atoms with E-state index in [2.05, 4.69) is 15.1 Å². The quantitative estimate of drug-likeness (QED) is 0.849. The molecule has 1 aliphatic heterocycles. The topological polar surface area (TPSA) is 72.1 Å². The van der Waals surface area contributed by atoms with Crippen LogP contribution in [0.3, 0.4) is 0 Å². The number of pyridine rings is 1. The Kier molecular flexibility index (Phi) is 3.45. The molecule has 0 spiro atoms. The third kappa shape index (κ3) is 2.41. The van der Waals surface area contributed by atoms with Gasteiger partial charge in [-0.25, -0.2) is 0 Å². The van der Waals surface area contributed by atoms with Gasteiger partial charge >= 0.3 is 0 Å². The number of amides is 1. The van der Waals surface area contributed by atoms with E-state index in [1.165, 1.54) is 0 Å². The van der Waals surface area contributed by atoms with E-state index in [-0.39, 0.29) is 11.8 Å². The van der Waals surface area contributed by atoms with E-state index in [9.17, 15) is 4.79 Å². The molecule has 0 bridgehead atoms. The summed E-state index contributed by atoms with van der Waals surface area (Å²) in [5.74, 6) is 1.55. The molecule has 6 heteroatoms. The predicted molar refractivity (Wildman–Crippen MR) is 71.8 cm³/mol. The van der Waals surface area contributed by atoms with Crippen LogP contribution in [0.5, 0.6) is 0 Å². The normalized spacial score (nSPS) is 15.2. The van der Waals surface area contributed by atoms with Crippen LogP contribution in [0, 0.1) is 0 Å². The highest BCUT2D eigenvalue weighted by Gasteiger charge is 2.35. The van der Waals surface area contributed by atoms with Crippen molar-refractivity contribution in [1.29, 1.82) is 0 Å². The number of carbonyl (C=O) groups is 1. The van der Waals surface area contributed by atoms with E-state index in [0.717, 1.165) is 12.0 Å². The number of carbonyl (C=O) groups excluding carboxylic acids is 1. The fourth-order valence-corrected chi connectivity index (χ4v) is 2.23. The lowest BCUT2D eigenvalue weighted by Gasteiger charge is -2.37. The predicted octanol–water partition coefficient (Wildman–Crippen LogP) is 1.86. The molecule has 20 heavy (non-hydrogen) atoms. The van der Waals surface area contributed by atoms with Crippen LogP contribution in [0.15, 0.2) is 29.0 Å². The minimum Gasteiger partial charge on any atom is -0.341 e. The standard InChI is InChI=1S/C14H16N4O2/c1-2-3-12(19)18-8-11(9-18)14-16-13(17-20-14)10-4-6-15-7-5-10/h4-7,11H,2-3,8-9H2,1H3. The Morgan fingerprint density at radius 1 is 1.40 bits per heavy atom. The van der Waals surface area contributed by atoms with Crippen molar-refractivity contribution in [3.05, 3.63) is 30.4 Å². The summed E-state index contributed by atoms with van der Waals surface area (Å²) in [7, 11) is 0. The summed E-state index contributed by atoms with van der Waals surface area (Å²) in [6, 6.07) is 3.68. The maximum Gasteiger partial charge on any atom is 0.233 e. The van der Waals surface area contributed by atoms with Crippen molar-refractivity contribution in [1.82, 2.24) is 20.0 Å². The van der Waals surface area contributed by atoms with Crippen LogP contribution < -0.4 is 0 Å². The number of hydrogen-bond acceptors (Lipinski definition) is 5. The van der Waals surface area contributed by atoms with Crippen LogP contribution >= 0.6 is 0 Å². The molecule has 1 fully saturated rings. The van der Waals surface area contributed by atoms with Crippen molar-refractivity contribution < 1.29 is 9.32 Å². The van der Waals surface area contributed by atoms with Gasteiger partial charge in [0.15, 0.2) is 0 Å². The van der Waals surface area contributed by atoms with Crippen LogP contribution in [0.1, 0.15) is 31.6 Å². The molecular formula is C14H16N4O2. The monoisotopic (exact) mass is 272 g/mol. The minimum atomic E-state index is 0.166. The summed E-state index contributed by atoms with van der Waals surface area (Å²) in [6.45, 7) is 3.36. The SMILES string of the molecule is CCCC(=O)N1CC(c2nc(-c3ccncc3)no2)C1. The van der Waals surface area contributed by atoms with E-state index < -0.39 is 0 Å². The van der Waals surface area contributed by atoms with Gasteiger partial charge in [0.05, 0.1) is 5.92 Å². The van der Waals surface area contributed by atoms with Gasteiger partial charge in [-0.15, -0.1) is 0 Å². The summed E-state index contributed by atoms with van der Waals surface area (Å²) >= 11 is 0. The lowest BCUT2D eigenvalue weighted by Crippen LogP contribution is -2.48. The summed E-state index contributed by atoms with van der Waals surface area (Å²) in [6.07, 6.45) is 4.88. The van der Waals surface area contributed by atoms with E-state index in [1.807, 2.05) is 24.0 Å². The third-order valence-electron chi connectivity index (χ3n) is 3.43. The Morgan fingerprint density at radius 2 is 2.15 bits per heavy atom. The zero-order valence-electron chi connectivity index (χ0n) is 11.3. The number of hydrogen-bond donors (Lipinski definition) is 0. The molecule has 104 valence electrons. The smallest absolute Gasteiger partial charge is 0.233 e. The number of rotatable bonds is 4. The van der Waals surface area contributed by atoms with Crippen molar-refractivity contribution in [2.75, 3.05) is 13.1 Å². The summed E-state index contributed by atoms with van der Waals surface area (Å²) in [4.78, 5) is 21.9. The molecule has 6 nitrogen and oxygen atoms in total. The van der Waals surface area contributed by atoms with Gasteiger partial charge in [0.2, 0.25) is 17.6 Å². The molecule has 3 rings (SSSR count). The zero-order chi connectivity index (χ0) is 13.9. The van der Waals surface area contributed by atoms with Crippen molar-refractivity contribution >= 4 is 5.91 Å². The first-order chi connectivity index (χ1) is 9.78. The van der Waals surface area contributed by atoms with Crippen molar-refractivity contribution in [3.8, 4) is 11.4 Å². The van der Waals surface area contributed by atoms with E-state index in [0.29, 0.717) is 31.2 Å². The van der Waals surface area contributed by atoms with Gasteiger partial charge < -0.3 is 9.42 Å². The fraction of sp³-hybridized carbons (Fsp3) is 0.429. The summed E-state index contributed by atoms with van der Waals surface area (Å²) in [5.41, 5.74) is 0.883. The average Bonchev–Trinajstić information content (AvgIpc) is 2.88. The Hall–Kier alpha value is -2.24. The molecule has 0 aliphatic carbocycles. The zero-order valence-corrected chi connectivity index (χ0v) is 11.3. The molecule has 1 amide bonds. The van der Waals surface area contributed by atoms with Crippen LogP contribution in [0.4, 0.5) is 0 Å². The minimum absolute atomic E-state index is 0.166. The molecule has 0 aromatic carbocycles. The Balaban J connectivity index is 1.64. The van der Waals surface area contributed by atoms with Gasteiger partial charge in [0.25, 0.3) is 0 Å². The largest absolute Gasteiger partial charge is 0.341 e. The maximum atomic E-state index is 11.7. The molecule has 2 aromatic rings. The molecule has 0 unspecified atom stereocenters. The van der Waals surface area contributed by atoms with Crippen LogP contribution in [0.25, 0.3) is 11.4 Å². The second kappa shape index (κ2) is 5.40. The molecule has 1 aliphatic rings. The summed E-state index contributed by atoms with van der Waals surface area (Å²) in [5, 5.41) is 3.98. The number of aromatic nitrogens is 3. The van der Waals surface area contributed by atoms with Crippen LogP contribution in [0.2, 0.25) is 0 Å². The summed E-state index contributed by atoms with van der Waals surface area (Å²) < 4.78 is 5.29. The first kappa shape index (κ1) is 12.8. The van der Waals surface area contributed by atoms with Crippen LogP contribution in [-0.2, 0) is 4.79 Å². The molecule has 2 aromatic heterocycles. The maximum absolute atomic E-state index is 11.7. The fourth-order valence-electron chi connectivity index (χ4n) is 2.23. The molecule has 3 heterocycles. The molecule has 0 atom stereocenters. The first-order valence-corrected chi connectivity index (χ1v) is 6.79. The Morgan fingerprint density at radius 3 is 2.85 bits per heavy atom. The third-order valence-corrected chi connectivity index (χ3v) is 3.43. The van der Waals surface area contributed by atoms with Gasteiger partial charge in [0, 0.05) is 37.5 Å². The Labute approximate surface area is 116 Å². The van der Waals surface area contributed by atoms with E-state index >= 15 is 0 Å². The molecule has 0 radical (unpaired) electrons. The van der Waals surface area contributed by atoms with Crippen molar-refractivity contribution in [2.45, 2.75) is 25.7 Å². The van der Waals surface area contributed by atoms with E-state index in [1.54, 1.807) is 12.4 Å². The molecule has 0 N–H and O–H groups in total. The lowest BCUT2D eigenvalue weighted by atomic mass is 9.99. The second-order valence-corrected chi connectivity index (χ2v) is 4.94. The number of likely N-dealkylation sites (tertiary alicyclic amines) is 1.